The smallest absolute Gasteiger partial charge is 0.147 e. The Hall–Kier alpha value is -3.09. The van der Waals surface area contributed by atoms with E-state index in [2.05, 4.69) is 35.1 Å². The fourth-order valence-electron chi connectivity index (χ4n) is 2.74. The minimum atomic E-state index is 0.373. The zero-order chi connectivity index (χ0) is 16.4. The van der Waals surface area contributed by atoms with Gasteiger partial charge in [0.05, 0.1) is 11.9 Å². The number of hydrogen-bond donors (Lipinski definition) is 1. The molecule has 0 bridgehead atoms. The van der Waals surface area contributed by atoms with Gasteiger partial charge in [-0.05, 0) is 19.1 Å². The van der Waals surface area contributed by atoms with E-state index in [1.54, 1.807) is 24.8 Å². The topological polar surface area (TPSA) is 79.7 Å². The van der Waals surface area contributed by atoms with E-state index in [1.165, 1.54) is 0 Å². The number of aryl methyl sites for hydroxylation is 1. The maximum atomic E-state index is 4.59. The van der Waals surface area contributed by atoms with Gasteiger partial charge in [-0.2, -0.15) is 0 Å². The second-order valence-electron chi connectivity index (χ2n) is 5.73. The quantitative estimate of drug-likeness (QED) is 0.790. The molecule has 0 atom stereocenters. The van der Waals surface area contributed by atoms with E-state index in [9.17, 15) is 0 Å². The summed E-state index contributed by atoms with van der Waals surface area (Å²) in [6, 6.07) is 7.74. The van der Waals surface area contributed by atoms with Crippen molar-refractivity contribution in [2.75, 3.05) is 23.3 Å². The summed E-state index contributed by atoms with van der Waals surface area (Å²) in [5, 5.41) is 3.23. The minimum absolute atomic E-state index is 0.373. The summed E-state index contributed by atoms with van der Waals surface area (Å²) in [6.07, 6.45) is 6.94. The molecule has 120 valence electrons. The Labute approximate surface area is 139 Å². The predicted octanol–water partition coefficient (Wildman–Crippen LogP) is 2.32. The van der Waals surface area contributed by atoms with Crippen molar-refractivity contribution < 1.29 is 0 Å². The van der Waals surface area contributed by atoms with E-state index in [1.807, 2.05) is 31.2 Å². The van der Waals surface area contributed by atoms with Crippen LogP contribution in [-0.2, 0) is 0 Å². The lowest BCUT2D eigenvalue weighted by Crippen LogP contribution is -2.46. The fraction of sp³-hybridized carbons (Fsp3) is 0.235. The van der Waals surface area contributed by atoms with Crippen LogP contribution in [0.5, 0.6) is 0 Å². The molecule has 0 unspecified atom stereocenters. The lowest BCUT2D eigenvalue weighted by molar-refractivity contribution is 0.506. The third-order valence-corrected chi connectivity index (χ3v) is 3.95. The summed E-state index contributed by atoms with van der Waals surface area (Å²) in [7, 11) is 0. The van der Waals surface area contributed by atoms with Gasteiger partial charge in [0.25, 0.3) is 0 Å². The van der Waals surface area contributed by atoms with Crippen LogP contribution in [0, 0.1) is 6.92 Å². The molecule has 1 saturated heterocycles. The maximum absolute atomic E-state index is 4.59. The van der Waals surface area contributed by atoms with E-state index < -0.39 is 0 Å². The van der Waals surface area contributed by atoms with Crippen LogP contribution in [0.3, 0.4) is 0 Å². The van der Waals surface area contributed by atoms with Crippen molar-refractivity contribution in [1.82, 2.24) is 24.9 Å². The molecule has 1 aliphatic heterocycles. The molecular formula is C17H17N7. The van der Waals surface area contributed by atoms with Crippen molar-refractivity contribution in [3.63, 3.8) is 0 Å². The average Bonchev–Trinajstić information content (AvgIpc) is 2.55. The van der Waals surface area contributed by atoms with Gasteiger partial charge in [0.2, 0.25) is 0 Å². The lowest BCUT2D eigenvalue weighted by Gasteiger charge is -2.39. The van der Waals surface area contributed by atoms with Crippen molar-refractivity contribution in [2.24, 2.45) is 0 Å². The molecule has 0 amide bonds. The molecule has 1 aliphatic rings. The molecule has 1 fully saturated rings. The Morgan fingerprint density at radius 2 is 1.96 bits per heavy atom. The molecule has 3 aromatic heterocycles. The van der Waals surface area contributed by atoms with Crippen molar-refractivity contribution in [3.8, 4) is 0 Å². The molecule has 0 spiro atoms. The van der Waals surface area contributed by atoms with Gasteiger partial charge in [0, 0.05) is 43.7 Å². The van der Waals surface area contributed by atoms with E-state index in [-0.39, 0.29) is 0 Å². The summed E-state index contributed by atoms with van der Waals surface area (Å²) in [5.41, 5.74) is 1.04. The van der Waals surface area contributed by atoms with Crippen LogP contribution in [0.1, 0.15) is 17.4 Å². The molecule has 3 aromatic rings. The van der Waals surface area contributed by atoms with E-state index in [4.69, 9.17) is 0 Å². The molecule has 0 radical (unpaired) electrons. The van der Waals surface area contributed by atoms with Gasteiger partial charge in [-0.3, -0.25) is 4.98 Å². The molecule has 1 N–H and O–H groups in total. The Morgan fingerprint density at radius 1 is 1.04 bits per heavy atom. The third kappa shape index (κ3) is 3.01. The molecule has 24 heavy (non-hydrogen) atoms. The van der Waals surface area contributed by atoms with Crippen molar-refractivity contribution in [2.45, 2.75) is 12.8 Å². The molecule has 7 heteroatoms. The van der Waals surface area contributed by atoms with Crippen molar-refractivity contribution in [1.29, 1.82) is 0 Å². The summed E-state index contributed by atoms with van der Waals surface area (Å²) >= 11 is 0. The summed E-state index contributed by atoms with van der Waals surface area (Å²) in [4.78, 5) is 23.9. The van der Waals surface area contributed by atoms with Crippen LogP contribution in [-0.4, -0.2) is 38.0 Å². The van der Waals surface area contributed by atoms with Crippen molar-refractivity contribution >= 4 is 17.5 Å². The van der Waals surface area contributed by atoms with Crippen molar-refractivity contribution in [3.05, 3.63) is 60.6 Å². The van der Waals surface area contributed by atoms with Gasteiger partial charge in [-0.15, -0.1) is 0 Å². The highest BCUT2D eigenvalue weighted by molar-refractivity contribution is 5.52. The van der Waals surface area contributed by atoms with Crippen LogP contribution in [0.2, 0.25) is 0 Å². The van der Waals surface area contributed by atoms with Crippen LogP contribution < -0.4 is 10.2 Å². The second kappa shape index (κ2) is 6.19. The number of pyridine rings is 1. The SMILES string of the molecule is Cc1nc(Nc2ccccn2)cc(C2CN(c3cnccn3)C2)n1. The molecule has 7 nitrogen and oxygen atoms in total. The summed E-state index contributed by atoms with van der Waals surface area (Å²) < 4.78 is 0. The monoisotopic (exact) mass is 319 g/mol. The normalized spacial score (nSPS) is 14.3. The fourth-order valence-corrected chi connectivity index (χ4v) is 2.74. The predicted molar refractivity (Wildman–Crippen MR) is 91.3 cm³/mol. The van der Waals surface area contributed by atoms with E-state index in [0.717, 1.165) is 42.1 Å². The van der Waals surface area contributed by atoms with Gasteiger partial charge < -0.3 is 10.2 Å². The Balaban J connectivity index is 1.49. The van der Waals surface area contributed by atoms with Gasteiger partial charge in [0.15, 0.2) is 0 Å². The molecular weight excluding hydrogens is 302 g/mol. The number of nitrogens with zero attached hydrogens (tertiary/aromatic N) is 6. The largest absolute Gasteiger partial charge is 0.354 e. The lowest BCUT2D eigenvalue weighted by atomic mass is 9.96. The van der Waals surface area contributed by atoms with Crippen LogP contribution in [0.4, 0.5) is 17.5 Å². The molecule has 0 aliphatic carbocycles. The molecule has 0 saturated carbocycles. The first-order chi connectivity index (χ1) is 11.8. The zero-order valence-corrected chi connectivity index (χ0v) is 13.3. The molecule has 4 heterocycles. The summed E-state index contributed by atoms with van der Waals surface area (Å²) in [6.45, 7) is 3.68. The zero-order valence-electron chi connectivity index (χ0n) is 13.3. The minimum Gasteiger partial charge on any atom is -0.354 e. The third-order valence-electron chi connectivity index (χ3n) is 3.95. The Morgan fingerprint density at radius 3 is 2.71 bits per heavy atom. The Bertz CT molecular complexity index is 817. The van der Waals surface area contributed by atoms with Crippen LogP contribution in [0.15, 0.2) is 49.1 Å². The first-order valence-electron chi connectivity index (χ1n) is 7.82. The van der Waals surface area contributed by atoms with Gasteiger partial charge in [0.1, 0.15) is 23.3 Å². The van der Waals surface area contributed by atoms with Crippen LogP contribution >= 0.6 is 0 Å². The number of aromatic nitrogens is 5. The van der Waals surface area contributed by atoms with E-state index >= 15 is 0 Å². The standard InChI is InChI=1S/C17H17N7/c1-12-21-14(8-16(22-12)23-15-4-2-3-5-19-15)13-10-24(11-13)17-9-18-6-7-20-17/h2-9,13H,10-11H2,1H3,(H,19,21,22,23). The number of hydrogen-bond acceptors (Lipinski definition) is 7. The van der Waals surface area contributed by atoms with Crippen LogP contribution in [0.25, 0.3) is 0 Å². The Kier molecular flexibility index (Phi) is 3.74. The number of nitrogens with one attached hydrogen (secondary N) is 1. The second-order valence-corrected chi connectivity index (χ2v) is 5.73. The van der Waals surface area contributed by atoms with Gasteiger partial charge >= 0.3 is 0 Å². The summed E-state index contributed by atoms with van der Waals surface area (Å²) in [5.74, 6) is 3.58. The number of anilines is 3. The molecule has 4 rings (SSSR count). The highest BCUT2D eigenvalue weighted by Crippen LogP contribution is 2.30. The average molecular weight is 319 g/mol. The first-order valence-corrected chi connectivity index (χ1v) is 7.82. The number of rotatable bonds is 4. The van der Waals surface area contributed by atoms with E-state index in [0.29, 0.717) is 5.92 Å². The highest BCUT2D eigenvalue weighted by Gasteiger charge is 2.30. The molecule has 0 aromatic carbocycles. The van der Waals surface area contributed by atoms with Gasteiger partial charge in [-0.1, -0.05) is 6.07 Å². The highest BCUT2D eigenvalue weighted by atomic mass is 15.2. The maximum Gasteiger partial charge on any atom is 0.147 e. The first kappa shape index (κ1) is 14.5. The van der Waals surface area contributed by atoms with Gasteiger partial charge in [-0.25, -0.2) is 19.9 Å².